The maximum Gasteiger partial charge on any atom is 0.330 e. The standard InChI is InChI=1S/2C4H6O2.C2H6O2.10C2H4/c2*1-3(2)4(5)6;3-1-2-4;10*1-2/h2*1H2,2H3,(H,5,6);3-4H,1-2H2;10*1-2H2. The monoisotopic (exact) mass is 514 g/mol. The third kappa shape index (κ3) is 1090. The second kappa shape index (κ2) is 287. The molecule has 6 nitrogen and oxygen atoms in total. The highest BCUT2D eigenvalue weighted by Crippen LogP contribution is 1.81. The molecule has 0 heterocycles. The Hall–Kier alpha value is -4.26. The van der Waals surface area contributed by atoms with Crippen LogP contribution >= 0.6 is 0 Å². The van der Waals surface area contributed by atoms with Gasteiger partial charge in [0.2, 0.25) is 0 Å². The first-order valence-electron chi connectivity index (χ1n) is 9.20. The van der Waals surface area contributed by atoms with Crippen molar-refractivity contribution in [3.05, 3.63) is 156 Å². The summed E-state index contributed by atoms with van der Waals surface area (Å²) in [5, 5.41) is 31.0. The molecule has 0 spiro atoms. The smallest absolute Gasteiger partial charge is 0.330 e. The summed E-state index contributed by atoms with van der Waals surface area (Å²) in [4.78, 5) is 19.2. The minimum atomic E-state index is -0.935. The minimum absolute atomic E-state index is 0.125. The molecule has 0 saturated heterocycles. The lowest BCUT2D eigenvalue weighted by atomic mass is 10.4. The molecule has 0 unspecified atom stereocenters. The first-order valence-corrected chi connectivity index (χ1v) is 9.20. The highest BCUT2D eigenvalue weighted by atomic mass is 16.4. The van der Waals surface area contributed by atoms with Crippen molar-refractivity contribution in [2.75, 3.05) is 13.2 Å². The van der Waals surface area contributed by atoms with Gasteiger partial charge in [0.25, 0.3) is 0 Å². The van der Waals surface area contributed by atoms with Crippen molar-refractivity contribution in [2.45, 2.75) is 13.8 Å². The van der Waals surface area contributed by atoms with Gasteiger partial charge in [0.05, 0.1) is 13.2 Å². The zero-order chi connectivity index (χ0) is 33.7. The SMILES string of the molecule is C=C.C=C.C=C.C=C.C=C.C=C.C=C.C=C.C=C.C=C.C=C(C)C(=O)O.C=C(C)C(=O)O.OCCO. The van der Waals surface area contributed by atoms with E-state index in [-0.39, 0.29) is 24.4 Å². The van der Waals surface area contributed by atoms with Gasteiger partial charge >= 0.3 is 11.9 Å². The van der Waals surface area contributed by atoms with Crippen molar-refractivity contribution < 1.29 is 30.0 Å². The van der Waals surface area contributed by atoms with Crippen LogP contribution in [0.5, 0.6) is 0 Å². The maximum absolute atomic E-state index is 9.60. The summed E-state index contributed by atoms with van der Waals surface area (Å²) in [6.07, 6.45) is 0. The number of aliphatic carboxylic acids is 2. The van der Waals surface area contributed by atoms with Crippen LogP contribution < -0.4 is 0 Å². The molecule has 6 heteroatoms. The lowest BCUT2D eigenvalue weighted by molar-refractivity contribution is -0.133. The van der Waals surface area contributed by atoms with E-state index in [0.29, 0.717) is 0 Å². The largest absolute Gasteiger partial charge is 0.478 e. The summed E-state index contributed by atoms with van der Waals surface area (Å²) < 4.78 is 0. The first-order chi connectivity index (χ1) is 17.2. The highest BCUT2D eigenvalue weighted by Gasteiger charge is 1.90. The summed E-state index contributed by atoms with van der Waals surface area (Å²) in [5.74, 6) is -1.87. The Morgan fingerprint density at radius 3 is 0.472 bits per heavy atom. The van der Waals surface area contributed by atoms with Gasteiger partial charge in [-0.2, -0.15) is 0 Å². The van der Waals surface area contributed by atoms with E-state index in [2.05, 4.69) is 145 Å². The quantitative estimate of drug-likeness (QED) is 0.222. The molecule has 0 aromatic heterocycles. The molecule has 214 valence electrons. The van der Waals surface area contributed by atoms with Crippen LogP contribution in [0.1, 0.15) is 13.8 Å². The number of rotatable bonds is 3. The average Bonchev–Trinajstić information content (AvgIpc) is 2.99. The van der Waals surface area contributed by atoms with Crippen molar-refractivity contribution in [3.8, 4) is 0 Å². The summed E-state index contributed by atoms with van der Waals surface area (Å²) >= 11 is 0. The summed E-state index contributed by atoms with van der Waals surface area (Å²) in [6.45, 7) is 69.0. The molecule has 0 bridgehead atoms. The van der Waals surface area contributed by atoms with Crippen LogP contribution in [0.2, 0.25) is 0 Å². The number of hydrogen-bond donors (Lipinski definition) is 4. The van der Waals surface area contributed by atoms with Gasteiger partial charge in [-0.05, 0) is 13.8 Å². The zero-order valence-electron chi connectivity index (χ0n) is 23.6. The van der Waals surface area contributed by atoms with Crippen LogP contribution in [-0.2, 0) is 9.59 Å². The predicted octanol–water partition coefficient (Wildman–Crippen LogP) is 8.29. The van der Waals surface area contributed by atoms with Gasteiger partial charge in [-0.1, -0.05) is 13.2 Å². The van der Waals surface area contributed by atoms with Gasteiger partial charge in [0.1, 0.15) is 0 Å². The van der Waals surface area contributed by atoms with E-state index in [1.807, 2.05) is 0 Å². The van der Waals surface area contributed by atoms with Gasteiger partial charge in [-0.15, -0.1) is 132 Å². The lowest BCUT2D eigenvalue weighted by Gasteiger charge is -1.79. The number of carboxylic acid groups (broad SMARTS) is 2. The molecule has 0 aliphatic rings. The normalized spacial score (nSPS) is 4.44. The Labute approximate surface area is 225 Å². The lowest BCUT2D eigenvalue weighted by Crippen LogP contribution is -1.92. The molecule has 0 saturated carbocycles. The Bertz CT molecular complexity index is 296. The van der Waals surface area contributed by atoms with Crippen molar-refractivity contribution in [1.82, 2.24) is 0 Å². The van der Waals surface area contributed by atoms with Crippen molar-refractivity contribution in [2.24, 2.45) is 0 Å². The number of carboxylic acids is 2. The van der Waals surface area contributed by atoms with Gasteiger partial charge in [0.15, 0.2) is 0 Å². The van der Waals surface area contributed by atoms with E-state index in [1.54, 1.807) is 0 Å². The van der Waals surface area contributed by atoms with Crippen molar-refractivity contribution >= 4 is 11.9 Å². The number of aliphatic hydroxyl groups is 2. The molecule has 0 fully saturated rings. The number of hydrogen-bond acceptors (Lipinski definition) is 4. The third-order valence-electron chi connectivity index (χ3n) is 0.830. The van der Waals surface area contributed by atoms with Crippen molar-refractivity contribution in [3.63, 3.8) is 0 Å². The molecule has 0 aliphatic carbocycles. The van der Waals surface area contributed by atoms with Crippen molar-refractivity contribution in [1.29, 1.82) is 0 Å². The maximum atomic E-state index is 9.60. The molecule has 4 N–H and O–H groups in total. The fourth-order valence-corrected chi connectivity index (χ4v) is 0. The topological polar surface area (TPSA) is 115 Å². The van der Waals surface area contributed by atoms with Crippen LogP contribution in [-0.4, -0.2) is 45.6 Å². The van der Waals surface area contributed by atoms with E-state index in [1.165, 1.54) is 13.8 Å². The summed E-state index contributed by atoms with van der Waals surface area (Å²) in [7, 11) is 0. The molecule has 0 aromatic rings. The van der Waals surface area contributed by atoms with Gasteiger partial charge in [-0.3, -0.25) is 0 Å². The third-order valence-corrected chi connectivity index (χ3v) is 0.830. The van der Waals surface area contributed by atoms with Gasteiger partial charge in [0, 0.05) is 11.1 Å². The van der Waals surface area contributed by atoms with Crippen LogP contribution in [0.3, 0.4) is 0 Å². The Balaban J connectivity index is -0.0000000151. The van der Waals surface area contributed by atoms with Crippen LogP contribution in [0.4, 0.5) is 0 Å². The van der Waals surface area contributed by atoms with Crippen LogP contribution in [0.15, 0.2) is 156 Å². The molecule has 36 heavy (non-hydrogen) atoms. The zero-order valence-corrected chi connectivity index (χ0v) is 23.6. The molecule has 0 atom stereocenters. The van der Waals surface area contributed by atoms with Crippen LogP contribution in [0, 0.1) is 0 Å². The Kier molecular flexibility index (Phi) is 680. The summed E-state index contributed by atoms with van der Waals surface area (Å²) in [6, 6.07) is 0. The predicted molar refractivity (Wildman–Crippen MR) is 172 cm³/mol. The number of aliphatic hydroxyl groups excluding tert-OH is 2. The van der Waals surface area contributed by atoms with E-state index in [9.17, 15) is 9.59 Å². The fraction of sp³-hybridized carbons (Fsp3) is 0.133. The Morgan fingerprint density at radius 1 is 0.417 bits per heavy atom. The minimum Gasteiger partial charge on any atom is -0.478 e. The molecule has 0 aromatic carbocycles. The molecule has 0 rings (SSSR count). The average molecular weight is 515 g/mol. The summed E-state index contributed by atoms with van der Waals surface area (Å²) in [5.41, 5.74) is 0.352. The second-order valence-corrected chi connectivity index (χ2v) is 2.62. The Morgan fingerprint density at radius 2 is 0.472 bits per heavy atom. The molecule has 0 aliphatic heterocycles. The highest BCUT2D eigenvalue weighted by molar-refractivity contribution is 5.85. The van der Waals surface area contributed by atoms with E-state index >= 15 is 0 Å². The van der Waals surface area contributed by atoms with E-state index in [0.717, 1.165) is 0 Å². The molecular weight excluding hydrogens is 456 g/mol. The van der Waals surface area contributed by atoms with E-state index in [4.69, 9.17) is 20.4 Å². The fourth-order valence-electron chi connectivity index (χ4n) is 0. The van der Waals surface area contributed by atoms with Crippen LogP contribution in [0.25, 0.3) is 0 Å². The second-order valence-electron chi connectivity index (χ2n) is 2.62. The molecule has 0 radical (unpaired) electrons. The number of carbonyl (C=O) groups is 2. The van der Waals surface area contributed by atoms with Gasteiger partial charge < -0.3 is 20.4 Å². The molecule has 0 amide bonds. The molecular formula is C30H58O6. The van der Waals surface area contributed by atoms with Gasteiger partial charge in [-0.25, -0.2) is 9.59 Å². The van der Waals surface area contributed by atoms with E-state index < -0.39 is 11.9 Å². The first kappa shape index (κ1) is 85.4.